The first-order valence-corrected chi connectivity index (χ1v) is 8.89. The lowest BCUT2D eigenvalue weighted by Crippen LogP contribution is -2.37. The maximum absolute atomic E-state index is 12.7. The summed E-state index contributed by atoms with van der Waals surface area (Å²) in [6.45, 7) is 0.707. The van der Waals surface area contributed by atoms with Crippen LogP contribution in [0.1, 0.15) is 46.9 Å². The molecule has 0 radical (unpaired) electrons. The molecule has 1 amide bonds. The second-order valence-electron chi connectivity index (χ2n) is 6.72. The van der Waals surface area contributed by atoms with Gasteiger partial charge in [0, 0.05) is 12.6 Å². The van der Waals surface area contributed by atoms with Crippen molar-refractivity contribution in [3.05, 3.63) is 71.3 Å². The van der Waals surface area contributed by atoms with Crippen LogP contribution in [0.4, 0.5) is 0 Å². The third-order valence-corrected chi connectivity index (χ3v) is 4.93. The normalized spacial score (nSPS) is 17.9. The van der Waals surface area contributed by atoms with Gasteiger partial charge in [0.05, 0.1) is 18.1 Å². The van der Waals surface area contributed by atoms with Crippen LogP contribution in [0.3, 0.4) is 0 Å². The van der Waals surface area contributed by atoms with E-state index in [0.29, 0.717) is 13.0 Å². The van der Waals surface area contributed by atoms with E-state index >= 15 is 0 Å². The van der Waals surface area contributed by atoms with Crippen molar-refractivity contribution in [3.8, 4) is 0 Å². The summed E-state index contributed by atoms with van der Waals surface area (Å²) in [5.41, 5.74) is 1.89. The Bertz CT molecular complexity index is 757. The highest BCUT2D eigenvalue weighted by Gasteiger charge is 2.30. The topological polar surface area (TPSA) is 77.8 Å². The number of hydrogen-bond acceptors (Lipinski definition) is 3. The molecule has 1 aliphatic rings. The number of carbonyl (C=O) groups is 2. The Morgan fingerprint density at radius 1 is 1.08 bits per heavy atom. The van der Waals surface area contributed by atoms with Gasteiger partial charge < -0.3 is 15.1 Å². The molecule has 2 atom stereocenters. The number of hydrogen-bond donors (Lipinski definition) is 2. The molecule has 5 heteroatoms. The molecule has 0 saturated carbocycles. The van der Waals surface area contributed by atoms with Crippen molar-refractivity contribution in [2.24, 2.45) is 0 Å². The van der Waals surface area contributed by atoms with Crippen LogP contribution in [0.2, 0.25) is 0 Å². The van der Waals surface area contributed by atoms with Crippen molar-refractivity contribution in [3.63, 3.8) is 0 Å². The minimum absolute atomic E-state index is 0.0239. The van der Waals surface area contributed by atoms with E-state index in [9.17, 15) is 14.7 Å². The van der Waals surface area contributed by atoms with Crippen molar-refractivity contribution in [1.82, 2.24) is 4.90 Å². The van der Waals surface area contributed by atoms with Crippen LogP contribution < -0.4 is 0 Å². The van der Waals surface area contributed by atoms with Gasteiger partial charge in [-0.25, -0.2) is 4.79 Å². The highest BCUT2D eigenvalue weighted by Crippen LogP contribution is 2.28. The smallest absolute Gasteiger partial charge is 0.335 e. The Balaban J connectivity index is 1.62. The summed E-state index contributed by atoms with van der Waals surface area (Å²) in [6, 6.07) is 16.0. The van der Waals surface area contributed by atoms with Crippen molar-refractivity contribution in [2.75, 3.05) is 6.54 Å². The molecule has 136 valence electrons. The Labute approximate surface area is 152 Å². The zero-order chi connectivity index (χ0) is 18.5. The number of aliphatic hydroxyl groups is 1. The number of amides is 1. The summed E-state index contributed by atoms with van der Waals surface area (Å²) in [7, 11) is 0. The maximum atomic E-state index is 12.7. The number of carbonyl (C=O) groups excluding carboxylic acids is 1. The summed E-state index contributed by atoms with van der Waals surface area (Å²) in [6.07, 6.45) is 2.04. The van der Waals surface area contributed by atoms with Gasteiger partial charge in [0.15, 0.2) is 0 Å². The van der Waals surface area contributed by atoms with Crippen LogP contribution in [-0.4, -0.2) is 39.6 Å². The fourth-order valence-electron chi connectivity index (χ4n) is 3.52. The van der Waals surface area contributed by atoms with Gasteiger partial charge in [0.25, 0.3) is 0 Å². The minimum atomic E-state index is -0.975. The van der Waals surface area contributed by atoms with Crippen LogP contribution in [0.15, 0.2) is 54.6 Å². The van der Waals surface area contributed by atoms with E-state index in [0.717, 1.165) is 24.0 Å². The predicted octanol–water partition coefficient (Wildman–Crippen LogP) is 3.04. The molecule has 1 fully saturated rings. The zero-order valence-electron chi connectivity index (χ0n) is 14.5. The Morgan fingerprint density at radius 3 is 2.42 bits per heavy atom. The quantitative estimate of drug-likeness (QED) is 0.837. The van der Waals surface area contributed by atoms with Crippen molar-refractivity contribution >= 4 is 11.9 Å². The molecule has 2 aromatic carbocycles. The lowest BCUT2D eigenvalue weighted by atomic mass is 10.00. The molecule has 1 aliphatic heterocycles. The molecule has 0 spiro atoms. The fourth-order valence-corrected chi connectivity index (χ4v) is 3.52. The summed E-state index contributed by atoms with van der Waals surface area (Å²) < 4.78 is 0. The van der Waals surface area contributed by atoms with Crippen molar-refractivity contribution < 1.29 is 19.8 Å². The first kappa shape index (κ1) is 18.1. The zero-order valence-corrected chi connectivity index (χ0v) is 14.5. The number of likely N-dealkylation sites (tertiary alicyclic amines) is 1. The van der Waals surface area contributed by atoms with E-state index in [1.54, 1.807) is 12.1 Å². The van der Waals surface area contributed by atoms with Gasteiger partial charge in [0.2, 0.25) is 5.91 Å². The Morgan fingerprint density at radius 2 is 1.77 bits per heavy atom. The molecule has 0 aromatic heterocycles. The van der Waals surface area contributed by atoms with Gasteiger partial charge in [-0.3, -0.25) is 4.79 Å². The molecule has 1 saturated heterocycles. The number of rotatable bonds is 6. The highest BCUT2D eigenvalue weighted by molar-refractivity contribution is 5.87. The fraction of sp³-hybridized carbons (Fsp3) is 0.333. The summed E-state index contributed by atoms with van der Waals surface area (Å²) in [4.78, 5) is 25.5. The first-order valence-electron chi connectivity index (χ1n) is 8.89. The molecule has 1 heterocycles. The molecule has 5 nitrogen and oxygen atoms in total. The van der Waals surface area contributed by atoms with E-state index in [1.807, 2.05) is 35.2 Å². The molecule has 0 aliphatic carbocycles. The number of carboxylic acids is 1. The van der Waals surface area contributed by atoms with Gasteiger partial charge >= 0.3 is 5.97 Å². The van der Waals surface area contributed by atoms with Crippen LogP contribution in [0, 0.1) is 0 Å². The summed E-state index contributed by atoms with van der Waals surface area (Å²) in [5.74, 6) is -0.951. The SMILES string of the molecule is O=C(O)c1ccc(CC(=O)N2CCCC2CC(O)c2ccccc2)cc1. The number of aliphatic hydroxyl groups excluding tert-OH is 1. The lowest BCUT2D eigenvalue weighted by molar-refractivity contribution is -0.131. The molecular weight excluding hydrogens is 330 g/mol. The number of aromatic carboxylic acids is 1. The average Bonchev–Trinajstić information content (AvgIpc) is 3.11. The van der Waals surface area contributed by atoms with E-state index in [4.69, 9.17) is 5.11 Å². The largest absolute Gasteiger partial charge is 0.478 e. The summed E-state index contributed by atoms with van der Waals surface area (Å²) >= 11 is 0. The second kappa shape index (κ2) is 8.15. The Hall–Kier alpha value is -2.66. The number of carboxylic acid groups (broad SMARTS) is 1. The lowest BCUT2D eigenvalue weighted by Gasteiger charge is -2.27. The Kier molecular flexibility index (Phi) is 5.68. The molecule has 2 aromatic rings. The van der Waals surface area contributed by atoms with E-state index < -0.39 is 12.1 Å². The van der Waals surface area contributed by atoms with Crippen LogP contribution >= 0.6 is 0 Å². The molecule has 0 bridgehead atoms. The van der Waals surface area contributed by atoms with Crippen molar-refractivity contribution in [1.29, 1.82) is 0 Å². The molecule has 2 N–H and O–H groups in total. The highest BCUT2D eigenvalue weighted by atomic mass is 16.4. The number of nitrogens with zero attached hydrogens (tertiary/aromatic N) is 1. The van der Waals surface area contributed by atoms with Gasteiger partial charge in [-0.05, 0) is 42.5 Å². The average molecular weight is 353 g/mol. The van der Waals surface area contributed by atoms with Gasteiger partial charge in [-0.2, -0.15) is 0 Å². The van der Waals surface area contributed by atoms with Gasteiger partial charge in [0.1, 0.15) is 0 Å². The van der Waals surface area contributed by atoms with E-state index in [2.05, 4.69) is 0 Å². The molecular formula is C21H23NO4. The minimum Gasteiger partial charge on any atom is -0.478 e. The third-order valence-electron chi connectivity index (χ3n) is 4.93. The van der Waals surface area contributed by atoms with E-state index in [-0.39, 0.29) is 23.9 Å². The van der Waals surface area contributed by atoms with Crippen LogP contribution in [0.25, 0.3) is 0 Å². The summed E-state index contributed by atoms with van der Waals surface area (Å²) in [5, 5.41) is 19.4. The second-order valence-corrected chi connectivity index (χ2v) is 6.72. The van der Waals surface area contributed by atoms with E-state index in [1.165, 1.54) is 12.1 Å². The number of benzene rings is 2. The monoisotopic (exact) mass is 353 g/mol. The van der Waals surface area contributed by atoms with Crippen LogP contribution in [0.5, 0.6) is 0 Å². The first-order chi connectivity index (χ1) is 12.5. The van der Waals surface area contributed by atoms with Crippen molar-refractivity contribution in [2.45, 2.75) is 37.8 Å². The predicted molar refractivity (Wildman–Crippen MR) is 97.9 cm³/mol. The van der Waals surface area contributed by atoms with Crippen LogP contribution in [-0.2, 0) is 11.2 Å². The maximum Gasteiger partial charge on any atom is 0.335 e. The molecule has 26 heavy (non-hydrogen) atoms. The standard InChI is InChI=1S/C21H23NO4/c23-19(16-5-2-1-3-6-16)14-18-7-4-12-22(18)20(24)13-15-8-10-17(11-9-15)21(25)26/h1-3,5-6,8-11,18-19,23H,4,7,12-14H2,(H,25,26). The molecule has 3 rings (SSSR count). The molecule has 2 unspecified atom stereocenters. The third kappa shape index (κ3) is 4.29. The van der Waals surface area contributed by atoms with Gasteiger partial charge in [-0.15, -0.1) is 0 Å². The van der Waals surface area contributed by atoms with Gasteiger partial charge in [-0.1, -0.05) is 42.5 Å².